The molecule has 0 aliphatic carbocycles. The van der Waals surface area contributed by atoms with Gasteiger partial charge in [0.05, 0.1) is 36.3 Å². The van der Waals surface area contributed by atoms with Gasteiger partial charge in [-0.3, -0.25) is 19.2 Å². The average Bonchev–Trinajstić information content (AvgIpc) is 2.77. The number of nitrogens with one attached hydrogen (secondary N) is 1. The number of non-ortho nitro benzene ring substituents is 1. The minimum Gasteiger partial charge on any atom is -0.378 e. The summed E-state index contributed by atoms with van der Waals surface area (Å²) in [5.74, 6) is -0.656. The van der Waals surface area contributed by atoms with Gasteiger partial charge in [-0.2, -0.15) is 5.10 Å². The van der Waals surface area contributed by atoms with Crippen molar-refractivity contribution in [1.82, 2.24) is 5.43 Å². The monoisotopic (exact) mass is 475 g/mol. The zero-order chi connectivity index (χ0) is 24.0. The van der Waals surface area contributed by atoms with E-state index in [1.807, 2.05) is 17.9 Å². The Hall–Kier alpha value is -3.51. The molecule has 0 bridgehead atoms. The third kappa shape index (κ3) is 6.49. The molecule has 0 aromatic heterocycles. The van der Waals surface area contributed by atoms with Gasteiger partial charge in [-0.15, -0.1) is 0 Å². The lowest BCUT2D eigenvalue weighted by Gasteiger charge is -2.29. The van der Waals surface area contributed by atoms with Crippen LogP contribution in [0.3, 0.4) is 0 Å². The number of carbonyl (C=O) groups excluding carboxylic acids is 1. The number of anilines is 2. The van der Waals surface area contributed by atoms with Crippen LogP contribution in [0.25, 0.3) is 0 Å². The number of benzene rings is 2. The average molecular weight is 476 g/mol. The normalized spacial score (nSPS) is 14.3. The molecule has 0 atom stereocenters. The van der Waals surface area contributed by atoms with E-state index < -0.39 is 27.4 Å². The molecule has 11 nitrogen and oxygen atoms in total. The van der Waals surface area contributed by atoms with E-state index >= 15 is 0 Å². The maximum atomic E-state index is 12.4. The van der Waals surface area contributed by atoms with Crippen LogP contribution >= 0.6 is 0 Å². The Bertz CT molecular complexity index is 1160. The van der Waals surface area contributed by atoms with Crippen molar-refractivity contribution >= 4 is 39.2 Å². The van der Waals surface area contributed by atoms with E-state index in [0.717, 1.165) is 21.8 Å². The van der Waals surface area contributed by atoms with E-state index in [2.05, 4.69) is 10.5 Å². The summed E-state index contributed by atoms with van der Waals surface area (Å²) in [6, 6.07) is 11.2. The van der Waals surface area contributed by atoms with Crippen molar-refractivity contribution in [3.05, 3.63) is 63.7 Å². The Balaban J connectivity index is 1.77. The predicted molar refractivity (Wildman–Crippen MR) is 125 cm³/mol. The third-order valence-corrected chi connectivity index (χ3v) is 6.08. The number of hydrogen-bond acceptors (Lipinski definition) is 8. The van der Waals surface area contributed by atoms with Crippen LogP contribution < -0.4 is 14.6 Å². The molecule has 3 rings (SSSR count). The van der Waals surface area contributed by atoms with Crippen LogP contribution in [0.15, 0.2) is 47.6 Å². The molecule has 12 heteroatoms. The van der Waals surface area contributed by atoms with E-state index in [0.29, 0.717) is 37.6 Å². The van der Waals surface area contributed by atoms with E-state index in [-0.39, 0.29) is 5.69 Å². The van der Waals surface area contributed by atoms with E-state index in [1.165, 1.54) is 18.3 Å². The van der Waals surface area contributed by atoms with Gasteiger partial charge in [-0.05, 0) is 30.7 Å². The highest BCUT2D eigenvalue weighted by Gasteiger charge is 2.21. The molecule has 1 saturated heterocycles. The quantitative estimate of drug-likeness (QED) is 0.348. The molecule has 2 aromatic carbocycles. The van der Waals surface area contributed by atoms with Crippen molar-refractivity contribution < 1.29 is 22.9 Å². The van der Waals surface area contributed by atoms with Gasteiger partial charge in [-0.25, -0.2) is 13.8 Å². The summed E-state index contributed by atoms with van der Waals surface area (Å²) in [5.41, 5.74) is 4.58. The first-order valence-corrected chi connectivity index (χ1v) is 12.0. The zero-order valence-electron chi connectivity index (χ0n) is 18.3. The summed E-state index contributed by atoms with van der Waals surface area (Å²) < 4.78 is 30.8. The second kappa shape index (κ2) is 10.4. The van der Waals surface area contributed by atoms with Crippen molar-refractivity contribution in [2.24, 2.45) is 5.10 Å². The maximum Gasteiger partial charge on any atom is 0.270 e. The number of carbonyl (C=O) groups is 1. The number of hydrazone groups is 1. The lowest BCUT2D eigenvalue weighted by atomic mass is 10.1. The molecule has 1 amide bonds. The number of sulfonamides is 1. The lowest BCUT2D eigenvalue weighted by molar-refractivity contribution is -0.384. The zero-order valence-corrected chi connectivity index (χ0v) is 19.1. The molecule has 0 radical (unpaired) electrons. The summed E-state index contributed by atoms with van der Waals surface area (Å²) in [6.07, 6.45) is 2.33. The highest BCUT2D eigenvalue weighted by molar-refractivity contribution is 7.92. The van der Waals surface area contributed by atoms with Gasteiger partial charge in [0.1, 0.15) is 6.54 Å². The Morgan fingerprint density at radius 2 is 2.00 bits per heavy atom. The molecule has 33 heavy (non-hydrogen) atoms. The minimum atomic E-state index is -3.72. The summed E-state index contributed by atoms with van der Waals surface area (Å²) in [7, 11) is -3.72. The van der Waals surface area contributed by atoms with Gasteiger partial charge in [0.2, 0.25) is 10.0 Å². The van der Waals surface area contributed by atoms with Crippen LogP contribution in [0, 0.1) is 17.0 Å². The predicted octanol–water partition coefficient (Wildman–Crippen LogP) is 1.66. The first-order valence-electron chi connectivity index (χ1n) is 10.1. The van der Waals surface area contributed by atoms with Crippen molar-refractivity contribution in [3.63, 3.8) is 0 Å². The van der Waals surface area contributed by atoms with Gasteiger partial charge >= 0.3 is 0 Å². The molecule has 0 spiro atoms. The highest BCUT2D eigenvalue weighted by Crippen LogP contribution is 2.25. The van der Waals surface area contributed by atoms with Gasteiger partial charge in [0, 0.05) is 36.5 Å². The van der Waals surface area contributed by atoms with E-state index in [4.69, 9.17) is 4.74 Å². The summed E-state index contributed by atoms with van der Waals surface area (Å²) >= 11 is 0. The van der Waals surface area contributed by atoms with Crippen molar-refractivity contribution in [3.8, 4) is 0 Å². The number of rotatable bonds is 8. The van der Waals surface area contributed by atoms with Gasteiger partial charge in [-0.1, -0.05) is 12.1 Å². The van der Waals surface area contributed by atoms with Crippen LogP contribution in [0.2, 0.25) is 0 Å². The SMILES string of the molecule is Cc1cccc(N(CC(=O)N/N=C\c2cc([N+](=O)[O-])ccc2N2CCOCC2)S(C)(=O)=O)c1. The minimum absolute atomic E-state index is 0.109. The van der Waals surface area contributed by atoms with Crippen LogP contribution in [0.1, 0.15) is 11.1 Å². The topological polar surface area (TPSA) is 134 Å². The highest BCUT2D eigenvalue weighted by atomic mass is 32.2. The fourth-order valence-corrected chi connectivity index (χ4v) is 4.22. The van der Waals surface area contributed by atoms with Crippen LogP contribution in [0.4, 0.5) is 17.1 Å². The van der Waals surface area contributed by atoms with Gasteiger partial charge < -0.3 is 9.64 Å². The summed E-state index contributed by atoms with van der Waals surface area (Å²) in [4.78, 5) is 25.1. The number of ether oxygens (including phenoxy) is 1. The van der Waals surface area contributed by atoms with Crippen LogP contribution in [-0.2, 0) is 19.6 Å². The molecular weight excluding hydrogens is 450 g/mol. The van der Waals surface area contributed by atoms with Gasteiger partial charge in [0.25, 0.3) is 11.6 Å². The molecular formula is C21H25N5O6S. The molecule has 1 fully saturated rings. The second-order valence-corrected chi connectivity index (χ2v) is 9.41. The number of hydrogen-bond donors (Lipinski definition) is 1. The molecule has 2 aromatic rings. The molecule has 0 saturated carbocycles. The largest absolute Gasteiger partial charge is 0.378 e. The number of nitrogens with zero attached hydrogens (tertiary/aromatic N) is 4. The first kappa shape index (κ1) is 24.1. The first-order chi connectivity index (χ1) is 15.6. The fourth-order valence-electron chi connectivity index (χ4n) is 3.37. The molecule has 1 aliphatic rings. The van der Waals surface area contributed by atoms with Crippen molar-refractivity contribution in [1.29, 1.82) is 0 Å². The summed E-state index contributed by atoms with van der Waals surface area (Å²) in [6.45, 7) is 3.65. The Kier molecular flexibility index (Phi) is 7.61. The van der Waals surface area contributed by atoms with Crippen molar-refractivity contribution in [2.45, 2.75) is 6.92 Å². The van der Waals surface area contributed by atoms with E-state index in [9.17, 15) is 23.3 Å². The number of nitro groups is 1. The fraction of sp³-hybridized carbons (Fsp3) is 0.333. The molecule has 1 aliphatic heterocycles. The molecule has 176 valence electrons. The Labute approximate surface area is 191 Å². The Morgan fingerprint density at radius 1 is 1.27 bits per heavy atom. The van der Waals surface area contributed by atoms with Crippen LogP contribution in [-0.4, -0.2) is 64.6 Å². The Morgan fingerprint density at radius 3 is 2.64 bits per heavy atom. The smallest absolute Gasteiger partial charge is 0.270 e. The van der Waals surface area contributed by atoms with Gasteiger partial charge in [0.15, 0.2) is 0 Å². The lowest BCUT2D eigenvalue weighted by Crippen LogP contribution is -2.39. The molecule has 0 unspecified atom stereocenters. The standard InChI is InChI=1S/C21H25N5O6S/c1-16-4-3-5-18(12-16)25(33(2,30)31)15-21(27)23-22-14-17-13-19(26(28)29)6-7-20(17)24-8-10-32-11-9-24/h3-7,12-14H,8-11,15H2,1-2H3,(H,23,27)/b22-14-. The van der Waals surface area contributed by atoms with Crippen LogP contribution in [0.5, 0.6) is 0 Å². The summed E-state index contributed by atoms with van der Waals surface area (Å²) in [5, 5.41) is 15.1. The molecule has 1 N–H and O–H groups in total. The van der Waals surface area contributed by atoms with Crippen molar-refractivity contribution in [2.75, 3.05) is 48.3 Å². The number of nitro benzene ring substituents is 1. The molecule has 1 heterocycles. The number of amides is 1. The maximum absolute atomic E-state index is 12.4. The van der Waals surface area contributed by atoms with E-state index in [1.54, 1.807) is 24.3 Å². The second-order valence-electron chi connectivity index (χ2n) is 7.50. The number of aryl methyl sites for hydroxylation is 1. The third-order valence-electron chi connectivity index (χ3n) is 4.94. The number of morpholine rings is 1.